The van der Waals surface area contributed by atoms with Crippen molar-refractivity contribution < 1.29 is 13.2 Å². The average Bonchev–Trinajstić information content (AvgIpc) is 2.42. The van der Waals surface area contributed by atoms with Gasteiger partial charge < -0.3 is 4.74 Å². The van der Waals surface area contributed by atoms with Crippen LogP contribution in [0.1, 0.15) is 11.0 Å². The van der Waals surface area contributed by atoms with Gasteiger partial charge in [0.1, 0.15) is 0 Å². The first-order valence-corrected chi connectivity index (χ1v) is 8.03. The van der Waals surface area contributed by atoms with Crippen LogP contribution in [-0.2, 0) is 14.6 Å². The summed E-state index contributed by atoms with van der Waals surface area (Å²) in [6.45, 7) is 0. The maximum atomic E-state index is 12.6. The standard InChI is InChI=1S/C14H12Cl2O3S/c1-19-14(10-2-4-11(15)5-3-10)20(17,18)13-8-6-12(16)7-9-13/h2-9,14H,1H3. The van der Waals surface area contributed by atoms with Gasteiger partial charge in [0.05, 0.1) is 4.90 Å². The first-order chi connectivity index (χ1) is 9.45. The van der Waals surface area contributed by atoms with E-state index in [2.05, 4.69) is 0 Å². The van der Waals surface area contributed by atoms with Crippen LogP contribution in [0.3, 0.4) is 0 Å². The lowest BCUT2D eigenvalue weighted by Crippen LogP contribution is -2.15. The van der Waals surface area contributed by atoms with Gasteiger partial charge in [-0.25, -0.2) is 8.42 Å². The number of rotatable bonds is 4. The van der Waals surface area contributed by atoms with E-state index >= 15 is 0 Å². The van der Waals surface area contributed by atoms with Gasteiger partial charge in [-0.1, -0.05) is 35.3 Å². The lowest BCUT2D eigenvalue weighted by molar-refractivity contribution is 0.166. The number of hydrogen-bond acceptors (Lipinski definition) is 3. The average molecular weight is 331 g/mol. The number of sulfone groups is 1. The Bertz CT molecular complexity index is 679. The molecule has 0 saturated heterocycles. The molecule has 2 aromatic carbocycles. The zero-order chi connectivity index (χ0) is 14.8. The normalized spacial score (nSPS) is 13.2. The number of benzene rings is 2. The predicted octanol–water partition coefficient (Wildman–Crippen LogP) is 4.11. The number of hydrogen-bond donors (Lipinski definition) is 0. The first kappa shape index (κ1) is 15.3. The van der Waals surface area contributed by atoms with Crippen LogP contribution in [0.25, 0.3) is 0 Å². The van der Waals surface area contributed by atoms with Crippen LogP contribution >= 0.6 is 23.2 Å². The molecule has 0 aliphatic carbocycles. The Hall–Kier alpha value is -1.07. The first-order valence-electron chi connectivity index (χ1n) is 5.73. The molecule has 0 N–H and O–H groups in total. The van der Waals surface area contributed by atoms with E-state index in [1.807, 2.05) is 0 Å². The summed E-state index contributed by atoms with van der Waals surface area (Å²) in [6, 6.07) is 12.5. The molecule has 0 bridgehead atoms. The number of halogens is 2. The van der Waals surface area contributed by atoms with Crippen molar-refractivity contribution in [1.82, 2.24) is 0 Å². The summed E-state index contributed by atoms with van der Waals surface area (Å²) < 4.78 is 30.3. The second-order valence-electron chi connectivity index (χ2n) is 4.12. The molecule has 0 aliphatic heterocycles. The number of methoxy groups -OCH3 is 1. The summed E-state index contributed by atoms with van der Waals surface area (Å²) in [6.07, 6.45) is 0. The predicted molar refractivity (Wildman–Crippen MR) is 79.8 cm³/mol. The van der Waals surface area contributed by atoms with E-state index in [0.717, 1.165) is 0 Å². The van der Waals surface area contributed by atoms with Gasteiger partial charge in [-0.15, -0.1) is 0 Å². The van der Waals surface area contributed by atoms with Crippen LogP contribution in [0, 0.1) is 0 Å². The van der Waals surface area contributed by atoms with Gasteiger partial charge in [-0.3, -0.25) is 0 Å². The van der Waals surface area contributed by atoms with Crippen LogP contribution in [-0.4, -0.2) is 15.5 Å². The molecule has 0 fully saturated rings. The van der Waals surface area contributed by atoms with Crippen LogP contribution < -0.4 is 0 Å². The van der Waals surface area contributed by atoms with Crippen molar-refractivity contribution in [3.8, 4) is 0 Å². The molecule has 20 heavy (non-hydrogen) atoms. The summed E-state index contributed by atoms with van der Waals surface area (Å²) in [4.78, 5) is 0.156. The molecule has 0 spiro atoms. The monoisotopic (exact) mass is 330 g/mol. The molecule has 6 heteroatoms. The number of ether oxygens (including phenoxy) is 1. The maximum Gasteiger partial charge on any atom is 0.209 e. The van der Waals surface area contributed by atoms with Gasteiger partial charge >= 0.3 is 0 Å². The lowest BCUT2D eigenvalue weighted by Gasteiger charge is -2.16. The van der Waals surface area contributed by atoms with Crippen LogP contribution in [0.4, 0.5) is 0 Å². The molecule has 0 heterocycles. The molecule has 0 aliphatic rings. The van der Waals surface area contributed by atoms with E-state index < -0.39 is 15.3 Å². The van der Waals surface area contributed by atoms with Gasteiger partial charge in [-0.2, -0.15) is 0 Å². The summed E-state index contributed by atoms with van der Waals surface area (Å²) in [5, 5.41) is 1.01. The highest BCUT2D eigenvalue weighted by molar-refractivity contribution is 7.91. The Morgan fingerprint density at radius 1 is 0.900 bits per heavy atom. The second kappa shape index (κ2) is 6.14. The second-order valence-corrected chi connectivity index (χ2v) is 6.98. The lowest BCUT2D eigenvalue weighted by atomic mass is 10.2. The van der Waals surface area contributed by atoms with E-state index in [4.69, 9.17) is 27.9 Å². The highest BCUT2D eigenvalue weighted by atomic mass is 35.5. The molecule has 3 nitrogen and oxygen atoms in total. The van der Waals surface area contributed by atoms with Crippen molar-refractivity contribution in [2.75, 3.05) is 7.11 Å². The van der Waals surface area contributed by atoms with Crippen molar-refractivity contribution in [2.45, 2.75) is 10.3 Å². The molecule has 0 amide bonds. The molecule has 2 aromatic rings. The SMILES string of the molecule is COC(c1ccc(Cl)cc1)S(=O)(=O)c1ccc(Cl)cc1. The van der Waals surface area contributed by atoms with Crippen molar-refractivity contribution in [3.63, 3.8) is 0 Å². The third kappa shape index (κ3) is 3.15. The Labute approximate surface area is 128 Å². The molecule has 0 aromatic heterocycles. The Morgan fingerprint density at radius 3 is 1.80 bits per heavy atom. The van der Waals surface area contributed by atoms with Gasteiger partial charge in [0.25, 0.3) is 0 Å². The zero-order valence-corrected chi connectivity index (χ0v) is 12.9. The van der Waals surface area contributed by atoms with Gasteiger partial charge in [0.2, 0.25) is 9.84 Å². The van der Waals surface area contributed by atoms with Gasteiger partial charge in [0.15, 0.2) is 5.44 Å². The molecule has 1 unspecified atom stereocenters. The summed E-state index contributed by atoms with van der Waals surface area (Å²) in [7, 11) is -2.30. The molecular formula is C14H12Cl2O3S. The topological polar surface area (TPSA) is 43.4 Å². The summed E-state index contributed by atoms with van der Waals surface area (Å²) in [5.41, 5.74) is -0.562. The van der Waals surface area contributed by atoms with E-state index in [0.29, 0.717) is 15.6 Å². The summed E-state index contributed by atoms with van der Waals surface area (Å²) >= 11 is 11.6. The van der Waals surface area contributed by atoms with Crippen molar-refractivity contribution >= 4 is 33.0 Å². The van der Waals surface area contributed by atoms with Crippen molar-refractivity contribution in [3.05, 3.63) is 64.1 Å². The van der Waals surface area contributed by atoms with Crippen molar-refractivity contribution in [2.24, 2.45) is 0 Å². The minimum absolute atomic E-state index is 0.156. The van der Waals surface area contributed by atoms with E-state index in [9.17, 15) is 8.42 Å². The molecular weight excluding hydrogens is 319 g/mol. The van der Waals surface area contributed by atoms with Gasteiger partial charge in [-0.05, 0) is 42.0 Å². The van der Waals surface area contributed by atoms with Crippen LogP contribution in [0.15, 0.2) is 53.4 Å². The fourth-order valence-corrected chi connectivity index (χ4v) is 3.59. The fraction of sp³-hybridized carbons (Fsp3) is 0.143. The molecule has 106 valence electrons. The quantitative estimate of drug-likeness (QED) is 0.847. The highest BCUT2D eigenvalue weighted by Crippen LogP contribution is 2.30. The van der Waals surface area contributed by atoms with Crippen molar-refractivity contribution in [1.29, 1.82) is 0 Å². The molecule has 1 atom stereocenters. The smallest absolute Gasteiger partial charge is 0.209 e. The van der Waals surface area contributed by atoms with Crippen LogP contribution in [0.5, 0.6) is 0 Å². The fourth-order valence-electron chi connectivity index (χ4n) is 1.81. The largest absolute Gasteiger partial charge is 0.360 e. The Morgan fingerprint density at radius 2 is 1.35 bits per heavy atom. The minimum atomic E-state index is -3.66. The van der Waals surface area contributed by atoms with E-state index in [1.165, 1.54) is 31.4 Å². The molecule has 0 saturated carbocycles. The Balaban J connectivity index is 2.44. The van der Waals surface area contributed by atoms with Crippen LogP contribution in [0.2, 0.25) is 10.0 Å². The van der Waals surface area contributed by atoms with E-state index in [-0.39, 0.29) is 4.90 Å². The maximum absolute atomic E-state index is 12.6. The molecule has 0 radical (unpaired) electrons. The third-order valence-electron chi connectivity index (χ3n) is 2.78. The third-order valence-corrected chi connectivity index (χ3v) is 5.24. The molecule has 2 rings (SSSR count). The highest BCUT2D eigenvalue weighted by Gasteiger charge is 2.28. The Kier molecular flexibility index (Phi) is 4.70. The minimum Gasteiger partial charge on any atom is -0.360 e. The van der Waals surface area contributed by atoms with Gasteiger partial charge in [0, 0.05) is 17.2 Å². The zero-order valence-electron chi connectivity index (χ0n) is 10.6. The summed E-state index contributed by atoms with van der Waals surface area (Å²) in [5.74, 6) is 0. The van der Waals surface area contributed by atoms with E-state index in [1.54, 1.807) is 24.3 Å².